The first-order chi connectivity index (χ1) is 12.5. The monoisotopic (exact) mass is 427 g/mol. The van der Waals surface area contributed by atoms with Gasteiger partial charge in [0, 0.05) is 27.2 Å². The predicted molar refractivity (Wildman–Crippen MR) is 112 cm³/mol. The van der Waals surface area contributed by atoms with Crippen LogP contribution in [0.2, 0.25) is 5.02 Å². The molecule has 0 fully saturated rings. The number of hydrogen-bond acceptors (Lipinski definition) is 2. The normalized spacial score (nSPS) is 11.8. The van der Waals surface area contributed by atoms with Crippen LogP contribution in [0.25, 0.3) is 0 Å². The average Bonchev–Trinajstić information content (AvgIpc) is 2.64. The number of hydrogen-bond donors (Lipinski definition) is 1. The molecule has 0 radical (unpaired) electrons. The molecule has 0 aliphatic rings. The predicted octanol–water partition coefficient (Wildman–Crippen LogP) is 6.84. The number of Topliss-reactive ketones (excluding diaryl/α,β-unsaturated/α-hetero) is 1. The summed E-state index contributed by atoms with van der Waals surface area (Å²) < 4.78 is 1.01. The molecule has 0 aliphatic carbocycles. The van der Waals surface area contributed by atoms with Crippen LogP contribution >= 0.6 is 27.5 Å². The largest absolute Gasteiger partial charge is 0.378 e. The molecule has 0 amide bonds. The second-order valence-electron chi connectivity index (χ2n) is 6.25. The maximum atomic E-state index is 12.8. The summed E-state index contributed by atoms with van der Waals surface area (Å²) in [4.78, 5) is 12.8. The van der Waals surface area contributed by atoms with Crippen LogP contribution < -0.4 is 5.32 Å². The van der Waals surface area contributed by atoms with Crippen molar-refractivity contribution < 1.29 is 4.79 Å². The Kier molecular flexibility index (Phi) is 6.12. The summed E-state index contributed by atoms with van der Waals surface area (Å²) in [6.45, 7) is 2.01. The highest BCUT2D eigenvalue weighted by atomic mass is 79.9. The van der Waals surface area contributed by atoms with E-state index in [2.05, 4.69) is 21.2 Å². The number of anilines is 1. The topological polar surface area (TPSA) is 29.1 Å². The van der Waals surface area contributed by atoms with Gasteiger partial charge in [-0.25, -0.2) is 0 Å². The molecule has 0 heterocycles. The van der Waals surface area contributed by atoms with Gasteiger partial charge in [-0.1, -0.05) is 69.5 Å². The maximum Gasteiger partial charge on any atom is 0.165 e. The fourth-order valence-corrected chi connectivity index (χ4v) is 3.13. The van der Waals surface area contributed by atoms with Gasteiger partial charge < -0.3 is 5.32 Å². The van der Waals surface area contributed by atoms with Crippen molar-refractivity contribution >= 4 is 39.0 Å². The summed E-state index contributed by atoms with van der Waals surface area (Å²) in [5.41, 5.74) is 3.86. The van der Waals surface area contributed by atoms with Crippen molar-refractivity contribution in [1.29, 1.82) is 0 Å². The minimum Gasteiger partial charge on any atom is -0.378 e. The number of ketones is 1. The van der Waals surface area contributed by atoms with Gasteiger partial charge in [0.15, 0.2) is 5.78 Å². The third-order valence-electron chi connectivity index (χ3n) is 4.22. The molecule has 0 aliphatic heterocycles. The smallest absolute Gasteiger partial charge is 0.165 e. The number of carbonyl (C=O) groups excluding carboxylic acids is 1. The van der Waals surface area contributed by atoms with Crippen molar-refractivity contribution in [1.82, 2.24) is 0 Å². The minimum absolute atomic E-state index is 0.111. The van der Waals surface area contributed by atoms with Gasteiger partial charge in [-0.05, 0) is 48.9 Å². The Morgan fingerprint density at radius 2 is 1.58 bits per heavy atom. The first-order valence-electron chi connectivity index (χ1n) is 8.39. The number of rotatable bonds is 6. The molecule has 0 aromatic heterocycles. The molecule has 1 N–H and O–H groups in total. The molecule has 132 valence electrons. The quantitative estimate of drug-likeness (QED) is 0.436. The van der Waals surface area contributed by atoms with E-state index < -0.39 is 0 Å². The molecule has 26 heavy (non-hydrogen) atoms. The molecule has 0 saturated carbocycles. The highest BCUT2D eigenvalue weighted by Gasteiger charge is 2.17. The summed E-state index contributed by atoms with van der Waals surface area (Å²) in [7, 11) is 0. The standard InChI is InChI=1S/C22H19BrClNO/c1-15-2-4-17(5-3-15)22(26)14-21(16-6-8-18(23)9-7-16)25-20-12-10-19(24)11-13-20/h2-13,21,25H,14H2,1H3. The van der Waals surface area contributed by atoms with E-state index in [1.165, 1.54) is 0 Å². The Balaban J connectivity index is 1.84. The molecule has 1 atom stereocenters. The first-order valence-corrected chi connectivity index (χ1v) is 9.56. The summed E-state index contributed by atoms with van der Waals surface area (Å²) in [6.07, 6.45) is 0.368. The SMILES string of the molecule is Cc1ccc(C(=O)CC(Nc2ccc(Cl)cc2)c2ccc(Br)cc2)cc1. The lowest BCUT2D eigenvalue weighted by Gasteiger charge is -2.20. The lowest BCUT2D eigenvalue weighted by Crippen LogP contribution is -2.15. The molecule has 3 rings (SSSR count). The third kappa shape index (κ3) is 4.96. The lowest BCUT2D eigenvalue weighted by atomic mass is 9.97. The summed E-state index contributed by atoms with van der Waals surface area (Å²) >= 11 is 9.43. The molecular formula is C22H19BrClNO. The summed E-state index contributed by atoms with van der Waals surface area (Å²) in [5, 5.41) is 4.15. The number of nitrogens with one attached hydrogen (secondary N) is 1. The van der Waals surface area contributed by atoms with E-state index in [4.69, 9.17) is 11.6 Å². The van der Waals surface area contributed by atoms with Gasteiger partial charge in [-0.15, -0.1) is 0 Å². The Morgan fingerprint density at radius 3 is 2.19 bits per heavy atom. The van der Waals surface area contributed by atoms with Crippen LogP contribution in [0.5, 0.6) is 0 Å². The van der Waals surface area contributed by atoms with Gasteiger partial charge in [-0.3, -0.25) is 4.79 Å². The number of carbonyl (C=O) groups is 1. The van der Waals surface area contributed by atoms with Crippen LogP contribution in [0.3, 0.4) is 0 Å². The van der Waals surface area contributed by atoms with Crippen LogP contribution in [0.4, 0.5) is 5.69 Å². The molecule has 4 heteroatoms. The van der Waals surface area contributed by atoms with Crippen LogP contribution in [-0.4, -0.2) is 5.78 Å². The number of aryl methyl sites for hydroxylation is 1. The van der Waals surface area contributed by atoms with Crippen LogP contribution in [0.1, 0.15) is 33.9 Å². The second kappa shape index (κ2) is 8.52. The Bertz CT molecular complexity index is 874. The fourth-order valence-electron chi connectivity index (χ4n) is 2.74. The Morgan fingerprint density at radius 1 is 0.962 bits per heavy atom. The van der Waals surface area contributed by atoms with E-state index in [1.54, 1.807) is 0 Å². The van der Waals surface area contributed by atoms with E-state index in [0.717, 1.165) is 26.9 Å². The molecule has 1 unspecified atom stereocenters. The van der Waals surface area contributed by atoms with E-state index in [9.17, 15) is 4.79 Å². The van der Waals surface area contributed by atoms with E-state index in [0.29, 0.717) is 11.4 Å². The second-order valence-corrected chi connectivity index (χ2v) is 7.60. The van der Waals surface area contributed by atoms with Crippen LogP contribution in [0, 0.1) is 6.92 Å². The van der Waals surface area contributed by atoms with Crippen molar-refractivity contribution in [3.63, 3.8) is 0 Å². The van der Waals surface area contributed by atoms with Gasteiger partial charge in [0.25, 0.3) is 0 Å². The fraction of sp³-hybridized carbons (Fsp3) is 0.136. The summed E-state index contributed by atoms with van der Waals surface area (Å²) in [6, 6.07) is 23.1. The molecule has 3 aromatic rings. The van der Waals surface area contributed by atoms with Gasteiger partial charge in [0.05, 0.1) is 6.04 Å². The molecule has 0 spiro atoms. The van der Waals surface area contributed by atoms with Crippen LogP contribution in [-0.2, 0) is 0 Å². The zero-order chi connectivity index (χ0) is 18.5. The maximum absolute atomic E-state index is 12.8. The third-order valence-corrected chi connectivity index (χ3v) is 5.00. The van der Waals surface area contributed by atoms with Gasteiger partial charge >= 0.3 is 0 Å². The highest BCUT2D eigenvalue weighted by molar-refractivity contribution is 9.10. The molecule has 2 nitrogen and oxygen atoms in total. The Hall–Kier alpha value is -2.10. The van der Waals surface area contributed by atoms with Crippen molar-refractivity contribution in [2.24, 2.45) is 0 Å². The van der Waals surface area contributed by atoms with Crippen LogP contribution in [0.15, 0.2) is 77.3 Å². The molecule has 0 saturated heterocycles. The highest BCUT2D eigenvalue weighted by Crippen LogP contribution is 2.26. The Labute approximate surface area is 167 Å². The van der Waals surface area contributed by atoms with Gasteiger partial charge in [-0.2, -0.15) is 0 Å². The molecular weight excluding hydrogens is 410 g/mol. The lowest BCUT2D eigenvalue weighted by molar-refractivity contribution is 0.0976. The molecule has 0 bridgehead atoms. The van der Waals surface area contributed by atoms with E-state index in [1.807, 2.05) is 79.7 Å². The van der Waals surface area contributed by atoms with E-state index in [-0.39, 0.29) is 11.8 Å². The van der Waals surface area contributed by atoms with Crippen molar-refractivity contribution in [3.05, 3.63) is 99.0 Å². The first kappa shape index (κ1) is 18.7. The molecule has 3 aromatic carbocycles. The summed E-state index contributed by atoms with van der Waals surface area (Å²) in [5.74, 6) is 0.111. The van der Waals surface area contributed by atoms with Crippen molar-refractivity contribution in [3.8, 4) is 0 Å². The average molecular weight is 429 g/mol. The van der Waals surface area contributed by atoms with Gasteiger partial charge in [0.1, 0.15) is 0 Å². The number of halogens is 2. The number of benzene rings is 3. The van der Waals surface area contributed by atoms with Crippen molar-refractivity contribution in [2.75, 3.05) is 5.32 Å². The minimum atomic E-state index is -0.127. The zero-order valence-electron chi connectivity index (χ0n) is 14.4. The van der Waals surface area contributed by atoms with Gasteiger partial charge in [0.2, 0.25) is 0 Å². The van der Waals surface area contributed by atoms with Crippen molar-refractivity contribution in [2.45, 2.75) is 19.4 Å². The zero-order valence-corrected chi connectivity index (χ0v) is 16.7. The van der Waals surface area contributed by atoms with E-state index >= 15 is 0 Å².